The van der Waals surface area contributed by atoms with Crippen LogP contribution in [0.4, 0.5) is 0 Å². The van der Waals surface area contributed by atoms with Gasteiger partial charge >= 0.3 is 25.7 Å². The Bertz CT molecular complexity index is 1510. The molecule has 43 heavy (non-hydrogen) atoms. The molecule has 0 spiro atoms. The van der Waals surface area contributed by atoms with E-state index in [1.807, 2.05) is 182 Å². The highest BCUT2D eigenvalue weighted by Crippen LogP contribution is 2.21. The van der Waals surface area contributed by atoms with Crippen LogP contribution in [0.25, 0.3) is 0 Å². The minimum Gasteiger partial charge on any atom is -0.404 e. The molecule has 0 heterocycles. The summed E-state index contributed by atoms with van der Waals surface area (Å²) >= 11 is 0. The third kappa shape index (κ3) is 5.75. The zero-order valence-corrected chi connectivity index (χ0v) is 26.5. The molecule has 0 unspecified atom stereocenters. The molecule has 6 aromatic rings. The summed E-state index contributed by atoms with van der Waals surface area (Å²) in [6.45, 7) is 0. The van der Waals surface area contributed by atoms with Crippen LogP contribution < -0.4 is 31.1 Å². The van der Waals surface area contributed by atoms with Crippen LogP contribution in [0.1, 0.15) is 0 Å². The third-order valence-electron chi connectivity index (χ3n) is 7.55. The van der Waals surface area contributed by atoms with Crippen LogP contribution in [0.2, 0.25) is 0 Å². The molecular formula is C36H32O4Si3. The van der Waals surface area contributed by atoms with Gasteiger partial charge in [0.1, 0.15) is 0 Å². The molecule has 0 aromatic heterocycles. The Labute approximate surface area is 255 Å². The number of hydrogen-bond donors (Lipinski definition) is 2. The van der Waals surface area contributed by atoms with E-state index in [9.17, 15) is 9.59 Å². The molecule has 0 bridgehead atoms. The van der Waals surface area contributed by atoms with Gasteiger partial charge in [-0.15, -0.1) is 0 Å². The highest BCUT2D eigenvalue weighted by atomic mass is 28.5. The van der Waals surface area contributed by atoms with Gasteiger partial charge in [0.15, 0.2) is 0 Å². The molecule has 6 rings (SSSR count). The molecule has 0 amide bonds. The van der Waals surface area contributed by atoms with Crippen LogP contribution >= 0.6 is 0 Å². The van der Waals surface area contributed by atoms with Gasteiger partial charge in [-0.2, -0.15) is 0 Å². The van der Waals surface area contributed by atoms with Crippen LogP contribution in [0, 0.1) is 0 Å². The van der Waals surface area contributed by atoms with Gasteiger partial charge in [-0.25, -0.2) is 0 Å². The van der Waals surface area contributed by atoms with Crippen molar-refractivity contribution in [2.24, 2.45) is 0 Å². The van der Waals surface area contributed by atoms with Gasteiger partial charge in [0.25, 0.3) is 0 Å². The van der Waals surface area contributed by atoms with Crippen molar-refractivity contribution in [3.63, 3.8) is 0 Å². The van der Waals surface area contributed by atoms with E-state index in [1.165, 1.54) is 0 Å². The Morgan fingerprint density at radius 2 is 0.465 bits per heavy atom. The first-order chi connectivity index (χ1) is 21.0. The van der Waals surface area contributed by atoms with E-state index in [-0.39, 0.29) is 0 Å². The fraction of sp³-hybridized carbons (Fsp3) is 0. The van der Waals surface area contributed by atoms with Crippen LogP contribution in [0.15, 0.2) is 182 Å². The second-order valence-electron chi connectivity index (χ2n) is 10.3. The van der Waals surface area contributed by atoms with E-state index in [4.69, 9.17) is 8.23 Å². The van der Waals surface area contributed by atoms with Crippen molar-refractivity contribution in [1.29, 1.82) is 0 Å². The lowest BCUT2D eigenvalue weighted by atomic mass is 10.4. The molecule has 0 aliphatic rings. The van der Waals surface area contributed by atoms with Crippen LogP contribution in [0.5, 0.6) is 0 Å². The zero-order valence-electron chi connectivity index (χ0n) is 23.5. The average Bonchev–Trinajstić information content (AvgIpc) is 3.10. The monoisotopic (exact) mass is 612 g/mol. The van der Waals surface area contributed by atoms with Crippen molar-refractivity contribution >= 4 is 56.8 Å². The van der Waals surface area contributed by atoms with Crippen molar-refractivity contribution in [2.75, 3.05) is 0 Å². The predicted molar refractivity (Wildman–Crippen MR) is 180 cm³/mol. The Hall–Kier alpha value is -4.19. The molecule has 7 heteroatoms. The van der Waals surface area contributed by atoms with Crippen molar-refractivity contribution in [3.8, 4) is 0 Å². The van der Waals surface area contributed by atoms with Gasteiger partial charge in [0, 0.05) is 0 Å². The lowest BCUT2D eigenvalue weighted by molar-refractivity contribution is 0.320. The molecule has 4 nitrogen and oxygen atoms in total. The van der Waals surface area contributed by atoms with Crippen LogP contribution in [-0.2, 0) is 8.23 Å². The SMILES string of the molecule is O[Si](O[Si](O[Si](O)(c1ccccc1)c1ccccc1)(c1ccccc1)c1ccccc1)(c1ccccc1)c1ccccc1. The fourth-order valence-corrected chi connectivity index (χ4v) is 17.9. The van der Waals surface area contributed by atoms with E-state index in [0.717, 1.165) is 10.4 Å². The average molecular weight is 613 g/mol. The maximum Gasteiger partial charge on any atom is 0.396 e. The number of rotatable bonds is 10. The normalized spacial score (nSPS) is 12.1. The van der Waals surface area contributed by atoms with Gasteiger partial charge in [0.2, 0.25) is 0 Å². The summed E-state index contributed by atoms with van der Waals surface area (Å²) < 4.78 is 14.8. The first kappa shape index (κ1) is 28.9. The van der Waals surface area contributed by atoms with E-state index in [0.29, 0.717) is 20.7 Å². The highest BCUT2D eigenvalue weighted by molar-refractivity contribution is 7.08. The Kier molecular flexibility index (Phi) is 8.46. The van der Waals surface area contributed by atoms with Gasteiger partial charge in [-0.3, -0.25) is 0 Å². The topological polar surface area (TPSA) is 58.9 Å². The van der Waals surface area contributed by atoms with E-state index >= 15 is 0 Å². The molecule has 0 fully saturated rings. The Morgan fingerprint density at radius 3 is 0.674 bits per heavy atom. The maximum absolute atomic E-state index is 13.0. The smallest absolute Gasteiger partial charge is 0.396 e. The second-order valence-corrected chi connectivity index (χ2v) is 19.2. The number of hydrogen-bond acceptors (Lipinski definition) is 4. The largest absolute Gasteiger partial charge is 0.404 e. The van der Waals surface area contributed by atoms with E-state index < -0.39 is 25.7 Å². The molecule has 2 N–H and O–H groups in total. The number of benzene rings is 6. The quantitative estimate of drug-likeness (QED) is 0.234. The standard InChI is InChI=1S/C36H32O4Si3/c37-41(31-19-7-1-8-20-31,32-21-9-2-10-22-32)39-43(35-27-15-5-16-28-35,36-29-17-6-18-30-36)40-42(38,33-23-11-3-12-24-33)34-25-13-4-14-26-34/h1-30,37-38H. The van der Waals surface area contributed by atoms with Gasteiger partial charge in [-0.05, 0) is 31.1 Å². The van der Waals surface area contributed by atoms with Crippen LogP contribution in [0.3, 0.4) is 0 Å². The summed E-state index contributed by atoms with van der Waals surface area (Å²) in [7, 11) is -11.8. The summed E-state index contributed by atoms with van der Waals surface area (Å²) in [6.07, 6.45) is 0. The fourth-order valence-electron chi connectivity index (χ4n) is 5.38. The molecule has 0 saturated carbocycles. The van der Waals surface area contributed by atoms with Crippen LogP contribution in [-0.4, -0.2) is 35.3 Å². The lowest BCUT2D eigenvalue weighted by Crippen LogP contribution is -2.79. The molecule has 0 aliphatic heterocycles. The summed E-state index contributed by atoms with van der Waals surface area (Å²) in [5, 5.41) is 4.35. The summed E-state index contributed by atoms with van der Waals surface area (Å²) in [5.74, 6) is 0. The van der Waals surface area contributed by atoms with Crippen molar-refractivity contribution < 1.29 is 17.8 Å². The van der Waals surface area contributed by atoms with E-state index in [1.54, 1.807) is 0 Å². The second kappa shape index (κ2) is 12.6. The van der Waals surface area contributed by atoms with Crippen molar-refractivity contribution in [1.82, 2.24) is 0 Å². The van der Waals surface area contributed by atoms with Crippen molar-refractivity contribution in [3.05, 3.63) is 182 Å². The molecule has 0 atom stereocenters. The minimum absolute atomic E-state index is 0.693. The van der Waals surface area contributed by atoms with E-state index in [2.05, 4.69) is 0 Å². The predicted octanol–water partition coefficient (Wildman–Crippen LogP) is 2.77. The van der Waals surface area contributed by atoms with Gasteiger partial charge in [0.05, 0.1) is 0 Å². The first-order valence-electron chi connectivity index (χ1n) is 14.2. The lowest BCUT2D eigenvalue weighted by Gasteiger charge is -2.43. The highest BCUT2D eigenvalue weighted by Gasteiger charge is 2.57. The molecular weight excluding hydrogens is 581 g/mol. The molecule has 6 aromatic carbocycles. The zero-order chi connectivity index (χ0) is 29.6. The molecule has 0 radical (unpaired) electrons. The summed E-state index contributed by atoms with van der Waals surface area (Å²) in [6, 6.07) is 57.9. The minimum atomic E-state index is -3.96. The Balaban J connectivity index is 1.66. The summed E-state index contributed by atoms with van der Waals surface area (Å²) in [4.78, 5) is 25.9. The third-order valence-corrected chi connectivity index (χ3v) is 18.9. The van der Waals surface area contributed by atoms with Crippen molar-refractivity contribution in [2.45, 2.75) is 0 Å². The molecule has 0 aliphatic carbocycles. The molecule has 0 saturated heterocycles. The first-order valence-corrected chi connectivity index (χ1v) is 19.8. The Morgan fingerprint density at radius 1 is 0.279 bits per heavy atom. The van der Waals surface area contributed by atoms with Gasteiger partial charge < -0.3 is 17.8 Å². The summed E-state index contributed by atoms with van der Waals surface area (Å²) in [5.41, 5.74) is 0. The van der Waals surface area contributed by atoms with Gasteiger partial charge in [-0.1, -0.05) is 182 Å². The molecule has 212 valence electrons. The maximum atomic E-state index is 13.0.